The van der Waals surface area contributed by atoms with Crippen molar-refractivity contribution in [1.82, 2.24) is 4.57 Å². The minimum Gasteiger partial charge on any atom is -0.497 e. The molecule has 1 N–H and O–H groups in total. The maximum Gasteiger partial charge on any atom is 0.261 e. The predicted molar refractivity (Wildman–Crippen MR) is 107 cm³/mol. The number of amides is 1. The van der Waals surface area contributed by atoms with Crippen LogP contribution in [0, 0.1) is 13.8 Å². The molecule has 0 spiro atoms. The Morgan fingerprint density at radius 2 is 1.70 bits per heavy atom. The van der Waals surface area contributed by atoms with Crippen molar-refractivity contribution in [1.29, 1.82) is 0 Å². The molecule has 27 heavy (non-hydrogen) atoms. The normalized spacial score (nSPS) is 10.5. The van der Waals surface area contributed by atoms with Crippen molar-refractivity contribution in [3.8, 4) is 5.75 Å². The van der Waals surface area contributed by atoms with Gasteiger partial charge in [-0.2, -0.15) is 0 Å². The number of nitrogens with zero attached hydrogens (tertiary/aromatic N) is 1. The van der Waals surface area contributed by atoms with Crippen molar-refractivity contribution in [3.63, 3.8) is 0 Å². The van der Waals surface area contributed by atoms with Crippen LogP contribution in [0.15, 0.2) is 65.5 Å². The molecular formula is C22H22N2O3. The zero-order valence-corrected chi connectivity index (χ0v) is 15.7. The van der Waals surface area contributed by atoms with Crippen LogP contribution in [0.3, 0.4) is 0 Å². The number of methoxy groups -OCH3 is 1. The average Bonchev–Trinajstić information content (AvgIpc) is 2.66. The van der Waals surface area contributed by atoms with Crippen LogP contribution >= 0.6 is 0 Å². The topological polar surface area (TPSA) is 60.3 Å². The van der Waals surface area contributed by atoms with Crippen molar-refractivity contribution < 1.29 is 9.53 Å². The highest BCUT2D eigenvalue weighted by Crippen LogP contribution is 2.17. The molecule has 138 valence electrons. The highest BCUT2D eigenvalue weighted by atomic mass is 16.5. The number of anilines is 1. The summed E-state index contributed by atoms with van der Waals surface area (Å²) in [7, 11) is 1.58. The first-order valence-electron chi connectivity index (χ1n) is 8.70. The predicted octanol–water partition coefficient (Wildman–Crippen LogP) is 3.77. The Morgan fingerprint density at radius 1 is 1.04 bits per heavy atom. The Morgan fingerprint density at radius 3 is 2.33 bits per heavy atom. The monoisotopic (exact) mass is 362 g/mol. The highest BCUT2D eigenvalue weighted by Gasteiger charge is 2.18. The maximum atomic E-state index is 12.8. The Kier molecular flexibility index (Phi) is 5.41. The average molecular weight is 362 g/mol. The van der Waals surface area contributed by atoms with Crippen LogP contribution in [0.5, 0.6) is 5.75 Å². The number of carbonyl (C=O) groups excluding carboxylic acids is 1. The Labute approximate surface area is 158 Å². The van der Waals surface area contributed by atoms with Gasteiger partial charge in [0.05, 0.1) is 7.11 Å². The van der Waals surface area contributed by atoms with E-state index in [-0.39, 0.29) is 11.0 Å². The van der Waals surface area contributed by atoms with Crippen LogP contribution in [0.2, 0.25) is 0 Å². The number of benzene rings is 2. The van der Waals surface area contributed by atoms with Gasteiger partial charge in [0.25, 0.3) is 5.91 Å². The number of hydrogen-bond donors (Lipinski definition) is 1. The van der Waals surface area contributed by atoms with Gasteiger partial charge in [-0.1, -0.05) is 30.3 Å². The molecule has 0 aliphatic carbocycles. The first-order chi connectivity index (χ1) is 13.0. The van der Waals surface area contributed by atoms with Crippen molar-refractivity contribution in [3.05, 3.63) is 93.4 Å². The summed E-state index contributed by atoms with van der Waals surface area (Å²) in [5.41, 5.74) is 3.06. The first-order valence-corrected chi connectivity index (χ1v) is 8.70. The molecule has 0 bridgehead atoms. The van der Waals surface area contributed by atoms with Crippen LogP contribution in [-0.2, 0) is 6.54 Å². The second-order valence-corrected chi connectivity index (χ2v) is 6.36. The fourth-order valence-corrected chi connectivity index (χ4v) is 3.07. The van der Waals surface area contributed by atoms with E-state index in [1.807, 2.05) is 41.8 Å². The number of aromatic nitrogens is 1. The van der Waals surface area contributed by atoms with Gasteiger partial charge in [0.1, 0.15) is 11.3 Å². The number of ether oxygens (including phenoxy) is 1. The summed E-state index contributed by atoms with van der Waals surface area (Å²) in [6, 6.07) is 18.4. The summed E-state index contributed by atoms with van der Waals surface area (Å²) in [5, 5.41) is 2.79. The van der Waals surface area contributed by atoms with Crippen LogP contribution in [0.1, 0.15) is 27.3 Å². The molecule has 3 rings (SSSR count). The van der Waals surface area contributed by atoms with Gasteiger partial charge in [-0.3, -0.25) is 9.59 Å². The molecule has 0 radical (unpaired) electrons. The molecule has 0 saturated carbocycles. The second-order valence-electron chi connectivity index (χ2n) is 6.36. The third-order valence-corrected chi connectivity index (χ3v) is 4.54. The molecule has 1 amide bonds. The van der Waals surface area contributed by atoms with E-state index in [9.17, 15) is 9.59 Å². The van der Waals surface area contributed by atoms with E-state index in [0.29, 0.717) is 23.7 Å². The number of pyridine rings is 1. The van der Waals surface area contributed by atoms with E-state index in [0.717, 1.165) is 11.3 Å². The zero-order valence-electron chi connectivity index (χ0n) is 15.7. The van der Waals surface area contributed by atoms with E-state index < -0.39 is 5.91 Å². The second kappa shape index (κ2) is 7.91. The molecule has 0 atom stereocenters. The van der Waals surface area contributed by atoms with Crippen LogP contribution in [-0.4, -0.2) is 17.6 Å². The van der Waals surface area contributed by atoms with Crippen molar-refractivity contribution in [2.45, 2.75) is 20.4 Å². The number of hydrogen-bond acceptors (Lipinski definition) is 3. The van der Waals surface area contributed by atoms with Crippen LogP contribution in [0.25, 0.3) is 0 Å². The summed E-state index contributed by atoms with van der Waals surface area (Å²) in [6.07, 6.45) is 0. The minimum atomic E-state index is -0.413. The Hall–Kier alpha value is -3.34. The smallest absolute Gasteiger partial charge is 0.261 e. The van der Waals surface area contributed by atoms with Crippen molar-refractivity contribution in [2.75, 3.05) is 12.4 Å². The van der Waals surface area contributed by atoms with Gasteiger partial charge in [-0.05, 0) is 43.7 Å². The van der Waals surface area contributed by atoms with E-state index in [4.69, 9.17) is 4.74 Å². The van der Waals surface area contributed by atoms with Gasteiger partial charge in [-0.25, -0.2) is 0 Å². The summed E-state index contributed by atoms with van der Waals surface area (Å²) in [4.78, 5) is 25.3. The third-order valence-electron chi connectivity index (χ3n) is 4.54. The van der Waals surface area contributed by atoms with Crippen molar-refractivity contribution in [2.24, 2.45) is 0 Å². The fourth-order valence-electron chi connectivity index (χ4n) is 3.07. The molecule has 3 aromatic rings. The first kappa shape index (κ1) is 18.5. The van der Waals surface area contributed by atoms with Gasteiger partial charge in [0.2, 0.25) is 0 Å². The standard InChI is InChI=1S/C22H22N2O3/c1-15-13-20(25)21(16(2)24(15)14-17-7-5-4-6-8-17)22(26)23-18-9-11-19(27-3)12-10-18/h4-13H,14H2,1-3H3,(H,23,26). The lowest BCUT2D eigenvalue weighted by Crippen LogP contribution is -2.27. The molecule has 0 aliphatic rings. The number of carbonyl (C=O) groups is 1. The van der Waals surface area contributed by atoms with Gasteiger partial charge in [0.15, 0.2) is 5.43 Å². The summed E-state index contributed by atoms with van der Waals surface area (Å²) in [5.74, 6) is 0.286. The summed E-state index contributed by atoms with van der Waals surface area (Å²) >= 11 is 0. The molecule has 0 unspecified atom stereocenters. The third kappa shape index (κ3) is 4.08. The summed E-state index contributed by atoms with van der Waals surface area (Å²) < 4.78 is 7.10. The largest absolute Gasteiger partial charge is 0.497 e. The van der Waals surface area contributed by atoms with Gasteiger partial charge in [-0.15, -0.1) is 0 Å². The molecule has 0 fully saturated rings. The maximum absolute atomic E-state index is 12.8. The molecule has 5 nitrogen and oxygen atoms in total. The Balaban J connectivity index is 1.93. The highest BCUT2D eigenvalue weighted by molar-refractivity contribution is 6.05. The summed E-state index contributed by atoms with van der Waals surface area (Å²) in [6.45, 7) is 4.28. The van der Waals surface area contributed by atoms with Gasteiger partial charge < -0.3 is 14.6 Å². The van der Waals surface area contributed by atoms with Gasteiger partial charge in [0, 0.05) is 29.7 Å². The molecular weight excluding hydrogens is 340 g/mol. The quantitative estimate of drug-likeness (QED) is 0.751. The number of nitrogens with one attached hydrogen (secondary N) is 1. The molecule has 2 aromatic carbocycles. The lowest BCUT2D eigenvalue weighted by Gasteiger charge is -2.17. The van der Waals surface area contributed by atoms with Crippen LogP contribution < -0.4 is 15.5 Å². The minimum absolute atomic E-state index is 0.160. The van der Waals surface area contributed by atoms with Crippen molar-refractivity contribution >= 4 is 11.6 Å². The van der Waals surface area contributed by atoms with Gasteiger partial charge >= 0.3 is 0 Å². The molecule has 5 heteroatoms. The van der Waals surface area contributed by atoms with E-state index in [1.165, 1.54) is 6.07 Å². The van der Waals surface area contributed by atoms with E-state index in [1.54, 1.807) is 38.3 Å². The molecule has 0 saturated heterocycles. The Bertz CT molecular complexity index is 1010. The van der Waals surface area contributed by atoms with E-state index in [2.05, 4.69) is 5.32 Å². The molecule has 1 aromatic heterocycles. The van der Waals surface area contributed by atoms with E-state index >= 15 is 0 Å². The van der Waals surface area contributed by atoms with Crippen LogP contribution in [0.4, 0.5) is 5.69 Å². The fraction of sp³-hybridized carbons (Fsp3) is 0.182. The number of aryl methyl sites for hydroxylation is 1. The lowest BCUT2D eigenvalue weighted by molar-refractivity contribution is 0.102. The lowest BCUT2D eigenvalue weighted by atomic mass is 10.1. The molecule has 0 aliphatic heterocycles. The molecule has 1 heterocycles. The number of rotatable bonds is 5. The SMILES string of the molecule is COc1ccc(NC(=O)c2c(C)n(Cc3ccccc3)c(C)cc2=O)cc1. The zero-order chi connectivity index (χ0) is 19.4.